The Morgan fingerprint density at radius 2 is 1.89 bits per heavy atom. The van der Waals surface area contributed by atoms with Gasteiger partial charge in [0, 0.05) is 10.4 Å². The first kappa shape index (κ1) is 22.2. The summed E-state index contributed by atoms with van der Waals surface area (Å²) in [7, 11) is 0. The van der Waals surface area contributed by atoms with Crippen molar-refractivity contribution in [1.82, 2.24) is 19.7 Å². The summed E-state index contributed by atoms with van der Waals surface area (Å²) in [5.74, 6) is 0.971. The van der Waals surface area contributed by atoms with Crippen LogP contribution in [-0.4, -0.2) is 19.7 Å². The molecule has 3 heterocycles. The largest absolute Gasteiger partial charge is 0.338 e. The van der Waals surface area contributed by atoms with Crippen LogP contribution in [0.5, 0.6) is 0 Å². The lowest BCUT2D eigenvalue weighted by molar-refractivity contribution is 0.391. The fraction of sp³-hybridized carbons (Fsp3) is 0.231. The zero-order valence-corrected chi connectivity index (χ0v) is 20.6. The number of rotatable bonds is 5. The molecule has 0 fully saturated rings. The maximum atomic E-state index is 13.8. The quantitative estimate of drug-likeness (QED) is 0.212. The van der Waals surface area contributed by atoms with Gasteiger partial charge in [-0.3, -0.25) is 9.36 Å². The molecule has 6 rings (SSSR count). The Balaban J connectivity index is 1.40. The lowest BCUT2D eigenvalue weighted by Gasteiger charge is -2.13. The van der Waals surface area contributed by atoms with Crippen molar-refractivity contribution in [3.63, 3.8) is 0 Å². The zero-order valence-electron chi connectivity index (χ0n) is 19.0. The van der Waals surface area contributed by atoms with Crippen molar-refractivity contribution in [2.24, 2.45) is 0 Å². The molecule has 6 nitrogen and oxygen atoms in total. The average Bonchev–Trinajstić information content (AvgIpc) is 3.48. The minimum atomic E-state index is -0.354. The summed E-state index contributed by atoms with van der Waals surface area (Å²) in [5, 5.41) is 5.34. The first-order valence-electron chi connectivity index (χ1n) is 11.4. The lowest BCUT2D eigenvalue weighted by atomic mass is 9.97. The van der Waals surface area contributed by atoms with Gasteiger partial charge in [-0.15, -0.1) is 11.3 Å². The molecule has 0 atom stereocenters. The van der Waals surface area contributed by atoms with Gasteiger partial charge in [0.2, 0.25) is 11.7 Å². The standard InChI is InChI=1S/C26H21FN4O2S2/c1-15-6-2-3-7-18(15)23-28-21(33-30-23)14-34-26-29-24-22(19-8-4-5-9-20(19)35-24)25(32)31(26)17-12-10-16(27)11-13-17/h2-3,6-7,10-13H,4-5,8-9,14H2,1H3. The molecule has 2 aromatic carbocycles. The van der Waals surface area contributed by atoms with E-state index in [1.54, 1.807) is 28.0 Å². The fourth-order valence-electron chi connectivity index (χ4n) is 4.47. The average molecular weight is 505 g/mol. The van der Waals surface area contributed by atoms with E-state index >= 15 is 0 Å². The van der Waals surface area contributed by atoms with E-state index in [-0.39, 0.29) is 11.4 Å². The van der Waals surface area contributed by atoms with Crippen LogP contribution in [0.2, 0.25) is 0 Å². The van der Waals surface area contributed by atoms with Gasteiger partial charge in [0.25, 0.3) is 5.56 Å². The molecule has 0 aliphatic heterocycles. The van der Waals surface area contributed by atoms with E-state index < -0.39 is 0 Å². The van der Waals surface area contributed by atoms with Gasteiger partial charge < -0.3 is 4.52 Å². The van der Waals surface area contributed by atoms with Gasteiger partial charge in [-0.2, -0.15) is 4.98 Å². The minimum absolute atomic E-state index is 0.116. The van der Waals surface area contributed by atoms with E-state index in [0.717, 1.165) is 47.2 Å². The molecule has 3 aromatic heterocycles. The maximum Gasteiger partial charge on any atom is 0.267 e. The second kappa shape index (κ2) is 9.05. The molecule has 0 unspecified atom stereocenters. The van der Waals surface area contributed by atoms with Crippen molar-refractivity contribution in [3.05, 3.63) is 86.6 Å². The minimum Gasteiger partial charge on any atom is -0.338 e. The van der Waals surface area contributed by atoms with Crippen LogP contribution < -0.4 is 5.56 Å². The predicted octanol–water partition coefficient (Wildman–Crippen LogP) is 6.12. The summed E-state index contributed by atoms with van der Waals surface area (Å²) in [6, 6.07) is 13.8. The first-order valence-corrected chi connectivity index (χ1v) is 13.2. The summed E-state index contributed by atoms with van der Waals surface area (Å²) in [5.41, 5.74) is 3.57. The van der Waals surface area contributed by atoms with Gasteiger partial charge in [-0.05, 0) is 68.0 Å². The van der Waals surface area contributed by atoms with E-state index in [1.807, 2.05) is 31.2 Å². The Morgan fingerprint density at radius 3 is 2.71 bits per heavy atom. The van der Waals surface area contributed by atoms with Gasteiger partial charge in [0.1, 0.15) is 10.6 Å². The molecule has 0 saturated carbocycles. The number of nitrogens with zero attached hydrogens (tertiary/aromatic N) is 4. The van der Waals surface area contributed by atoms with Crippen LogP contribution >= 0.6 is 23.1 Å². The highest BCUT2D eigenvalue weighted by Gasteiger charge is 2.23. The van der Waals surface area contributed by atoms with Crippen molar-refractivity contribution in [1.29, 1.82) is 0 Å². The number of benzene rings is 2. The molecule has 5 aromatic rings. The third kappa shape index (κ3) is 4.08. The topological polar surface area (TPSA) is 73.8 Å². The Bertz CT molecular complexity index is 1600. The second-order valence-corrected chi connectivity index (χ2v) is 10.5. The summed E-state index contributed by atoms with van der Waals surface area (Å²) < 4.78 is 20.7. The Kier molecular flexibility index (Phi) is 5.74. The molecular formula is C26H21FN4O2S2. The molecule has 176 valence electrons. The molecule has 1 aliphatic carbocycles. The van der Waals surface area contributed by atoms with Gasteiger partial charge in [0.05, 0.1) is 16.8 Å². The zero-order chi connectivity index (χ0) is 23.9. The predicted molar refractivity (Wildman–Crippen MR) is 136 cm³/mol. The first-order chi connectivity index (χ1) is 17.1. The van der Waals surface area contributed by atoms with Crippen LogP contribution in [0.1, 0.15) is 34.7 Å². The highest BCUT2D eigenvalue weighted by Crippen LogP contribution is 2.35. The third-order valence-corrected chi connectivity index (χ3v) is 8.33. The summed E-state index contributed by atoms with van der Waals surface area (Å²) in [6.45, 7) is 2.00. The Labute approximate surface area is 208 Å². The van der Waals surface area contributed by atoms with Crippen molar-refractivity contribution in [2.45, 2.75) is 43.5 Å². The molecule has 1 aliphatic rings. The molecule has 9 heteroatoms. The van der Waals surface area contributed by atoms with Gasteiger partial charge >= 0.3 is 0 Å². The summed E-state index contributed by atoms with van der Waals surface area (Å²) in [4.78, 5) is 25.2. The van der Waals surface area contributed by atoms with Crippen LogP contribution in [0, 0.1) is 12.7 Å². The van der Waals surface area contributed by atoms with E-state index in [1.165, 1.54) is 28.8 Å². The highest BCUT2D eigenvalue weighted by molar-refractivity contribution is 7.98. The normalized spacial score (nSPS) is 13.3. The maximum absolute atomic E-state index is 13.8. The summed E-state index contributed by atoms with van der Waals surface area (Å²) >= 11 is 2.97. The second-order valence-electron chi connectivity index (χ2n) is 8.52. The van der Waals surface area contributed by atoms with Crippen LogP contribution in [0.25, 0.3) is 27.3 Å². The van der Waals surface area contributed by atoms with Crippen molar-refractivity contribution in [2.75, 3.05) is 0 Å². The Hall–Kier alpha value is -3.30. The smallest absolute Gasteiger partial charge is 0.267 e. The monoisotopic (exact) mass is 504 g/mol. The van der Waals surface area contributed by atoms with Crippen LogP contribution in [0.15, 0.2) is 63.0 Å². The molecular weight excluding hydrogens is 483 g/mol. The van der Waals surface area contributed by atoms with Crippen LogP contribution in [-0.2, 0) is 18.6 Å². The molecule has 0 radical (unpaired) electrons. The van der Waals surface area contributed by atoms with Crippen molar-refractivity contribution in [3.8, 4) is 17.1 Å². The number of fused-ring (bicyclic) bond motifs is 3. The number of aryl methyl sites for hydroxylation is 3. The van der Waals surface area contributed by atoms with Gasteiger partial charge in [-0.1, -0.05) is 41.2 Å². The highest BCUT2D eigenvalue weighted by atomic mass is 32.2. The number of aromatic nitrogens is 4. The van der Waals surface area contributed by atoms with Gasteiger partial charge in [-0.25, -0.2) is 9.37 Å². The van der Waals surface area contributed by atoms with Crippen molar-refractivity contribution < 1.29 is 8.91 Å². The number of thioether (sulfide) groups is 1. The van der Waals surface area contributed by atoms with E-state index in [0.29, 0.717) is 33.7 Å². The third-order valence-electron chi connectivity index (χ3n) is 6.22. The van der Waals surface area contributed by atoms with E-state index in [4.69, 9.17) is 9.51 Å². The number of thiophene rings is 1. The lowest BCUT2D eigenvalue weighted by Crippen LogP contribution is -2.22. The number of halogens is 1. The molecule has 0 amide bonds. The fourth-order valence-corrected chi connectivity index (χ4v) is 6.63. The van der Waals surface area contributed by atoms with E-state index in [9.17, 15) is 9.18 Å². The molecule has 0 bridgehead atoms. The van der Waals surface area contributed by atoms with E-state index in [2.05, 4.69) is 10.1 Å². The SMILES string of the molecule is Cc1ccccc1-c1noc(CSc2nc3sc4c(c3c(=O)n2-c2ccc(F)cc2)CCCC4)n1. The molecule has 0 N–H and O–H groups in total. The van der Waals surface area contributed by atoms with Crippen molar-refractivity contribution >= 4 is 33.3 Å². The Morgan fingerprint density at radius 1 is 1.09 bits per heavy atom. The van der Waals surface area contributed by atoms with Crippen LogP contribution in [0.3, 0.4) is 0 Å². The van der Waals surface area contributed by atoms with Gasteiger partial charge in [0.15, 0.2) is 5.16 Å². The molecule has 35 heavy (non-hydrogen) atoms. The summed E-state index contributed by atoms with van der Waals surface area (Å²) in [6.07, 6.45) is 4.09. The number of hydrogen-bond donors (Lipinski definition) is 0. The number of hydrogen-bond acceptors (Lipinski definition) is 7. The van der Waals surface area contributed by atoms with Crippen LogP contribution in [0.4, 0.5) is 4.39 Å². The molecule has 0 spiro atoms. The molecule has 0 saturated heterocycles.